The van der Waals surface area contributed by atoms with Crippen molar-refractivity contribution in [3.63, 3.8) is 0 Å². The predicted octanol–water partition coefficient (Wildman–Crippen LogP) is 1.82. The zero-order valence-corrected chi connectivity index (χ0v) is 14.5. The maximum atomic E-state index is 10.2. The van der Waals surface area contributed by atoms with E-state index in [1.165, 1.54) is 18.4 Å². The highest BCUT2D eigenvalue weighted by molar-refractivity contribution is 5.00. The van der Waals surface area contributed by atoms with Crippen LogP contribution in [0.4, 0.5) is 0 Å². The van der Waals surface area contributed by atoms with Crippen molar-refractivity contribution in [2.24, 2.45) is 5.92 Å². The zero-order valence-electron chi connectivity index (χ0n) is 14.5. The minimum absolute atomic E-state index is 0.273. The van der Waals surface area contributed by atoms with Gasteiger partial charge >= 0.3 is 0 Å². The van der Waals surface area contributed by atoms with Crippen LogP contribution in [0.2, 0.25) is 0 Å². The van der Waals surface area contributed by atoms with Crippen LogP contribution in [0.1, 0.15) is 45.2 Å². The molecule has 2 N–H and O–H groups in total. The van der Waals surface area contributed by atoms with Crippen molar-refractivity contribution in [1.29, 1.82) is 0 Å². The molecule has 0 spiro atoms. The van der Waals surface area contributed by atoms with Gasteiger partial charge < -0.3 is 15.3 Å². The van der Waals surface area contributed by atoms with E-state index in [0.29, 0.717) is 6.54 Å². The smallest absolute Gasteiger partial charge is 0.0791 e. The van der Waals surface area contributed by atoms with E-state index in [2.05, 4.69) is 49.2 Å². The van der Waals surface area contributed by atoms with Crippen molar-refractivity contribution < 1.29 is 5.11 Å². The number of piperidine rings is 1. The second kappa shape index (κ2) is 8.09. The number of aliphatic hydroxyl groups excluding tert-OH is 1. The summed E-state index contributed by atoms with van der Waals surface area (Å²) in [6.07, 6.45) is 6.16. The molecule has 126 valence electrons. The summed E-state index contributed by atoms with van der Waals surface area (Å²) >= 11 is 0. The predicted molar refractivity (Wildman–Crippen MR) is 90.0 cm³/mol. The van der Waals surface area contributed by atoms with Crippen LogP contribution in [-0.2, 0) is 0 Å². The largest absolute Gasteiger partial charge is 0.390 e. The molecule has 0 aliphatic carbocycles. The highest BCUT2D eigenvalue weighted by Crippen LogP contribution is 2.16. The number of likely N-dealkylation sites (tertiary alicyclic amines) is 1. The molecule has 1 aromatic rings. The molecule has 0 saturated carbocycles. The lowest BCUT2D eigenvalue weighted by Gasteiger charge is -2.32. The van der Waals surface area contributed by atoms with Gasteiger partial charge in [-0.3, -0.25) is 4.68 Å². The van der Waals surface area contributed by atoms with Gasteiger partial charge in [0.1, 0.15) is 0 Å². The van der Waals surface area contributed by atoms with E-state index < -0.39 is 0 Å². The highest BCUT2D eigenvalue weighted by Gasteiger charge is 2.20. The Morgan fingerprint density at radius 2 is 2.05 bits per heavy atom. The molecule has 5 heteroatoms. The van der Waals surface area contributed by atoms with Gasteiger partial charge in [-0.2, -0.15) is 5.10 Å². The third kappa shape index (κ3) is 5.07. The fourth-order valence-electron chi connectivity index (χ4n) is 2.98. The van der Waals surface area contributed by atoms with Gasteiger partial charge in [0.15, 0.2) is 0 Å². The SMILES string of the molecule is Cc1cnn([C@H](C)[C@H](C)NC[C@@H](O)CN2CCC(C)CC2)c1. The number of aryl methyl sites for hydroxylation is 1. The number of hydrogen-bond donors (Lipinski definition) is 2. The number of nitrogens with one attached hydrogen (secondary N) is 1. The van der Waals surface area contributed by atoms with Crippen molar-refractivity contribution in [3.8, 4) is 0 Å². The summed E-state index contributed by atoms with van der Waals surface area (Å²) < 4.78 is 1.99. The van der Waals surface area contributed by atoms with Crippen molar-refractivity contribution in [2.75, 3.05) is 26.2 Å². The topological polar surface area (TPSA) is 53.3 Å². The molecule has 2 rings (SSSR count). The van der Waals surface area contributed by atoms with Crippen molar-refractivity contribution in [3.05, 3.63) is 18.0 Å². The van der Waals surface area contributed by atoms with Gasteiger partial charge in [0.2, 0.25) is 0 Å². The van der Waals surface area contributed by atoms with Crippen LogP contribution >= 0.6 is 0 Å². The fraction of sp³-hybridized carbons (Fsp3) is 0.824. The third-order valence-electron chi connectivity index (χ3n) is 4.89. The van der Waals surface area contributed by atoms with E-state index in [-0.39, 0.29) is 18.2 Å². The van der Waals surface area contributed by atoms with Gasteiger partial charge in [-0.25, -0.2) is 0 Å². The summed E-state index contributed by atoms with van der Waals surface area (Å²) in [5.41, 5.74) is 1.18. The van der Waals surface area contributed by atoms with E-state index in [4.69, 9.17) is 0 Å². The van der Waals surface area contributed by atoms with Crippen molar-refractivity contribution in [1.82, 2.24) is 20.0 Å². The Kier molecular flexibility index (Phi) is 6.41. The Bertz CT molecular complexity index is 440. The molecule has 1 saturated heterocycles. The van der Waals surface area contributed by atoms with Crippen LogP contribution < -0.4 is 5.32 Å². The number of rotatable bonds is 7. The summed E-state index contributed by atoms with van der Waals surface area (Å²) in [6, 6.07) is 0.548. The Labute approximate surface area is 134 Å². The van der Waals surface area contributed by atoms with Crippen LogP contribution in [0.5, 0.6) is 0 Å². The summed E-state index contributed by atoms with van der Waals surface area (Å²) in [5.74, 6) is 0.838. The van der Waals surface area contributed by atoms with E-state index in [1.807, 2.05) is 10.9 Å². The first-order valence-corrected chi connectivity index (χ1v) is 8.60. The summed E-state index contributed by atoms with van der Waals surface area (Å²) in [5, 5.41) is 18.1. The van der Waals surface area contributed by atoms with Crippen LogP contribution in [-0.4, -0.2) is 58.1 Å². The second-order valence-corrected chi connectivity index (χ2v) is 7.07. The summed E-state index contributed by atoms with van der Waals surface area (Å²) in [4.78, 5) is 2.39. The second-order valence-electron chi connectivity index (χ2n) is 7.07. The standard InChI is InChI=1S/C17H32N4O/c1-13-5-7-20(8-6-13)12-17(22)10-18-15(3)16(4)21-11-14(2)9-19-21/h9,11,13,15-18,22H,5-8,10,12H2,1-4H3/t15-,16+,17+/m0/s1. The molecule has 0 radical (unpaired) electrons. The highest BCUT2D eigenvalue weighted by atomic mass is 16.3. The van der Waals surface area contributed by atoms with Gasteiger partial charge in [-0.1, -0.05) is 6.92 Å². The van der Waals surface area contributed by atoms with Crippen LogP contribution in [0.25, 0.3) is 0 Å². The van der Waals surface area contributed by atoms with Crippen LogP contribution in [0.15, 0.2) is 12.4 Å². The Hall–Kier alpha value is -0.910. The van der Waals surface area contributed by atoms with E-state index in [1.54, 1.807) is 0 Å². The maximum absolute atomic E-state index is 10.2. The number of β-amino-alcohol motifs (C(OH)–C–C–N with tert-alkyl or cyclic N) is 1. The van der Waals surface area contributed by atoms with Gasteiger partial charge in [0.05, 0.1) is 18.3 Å². The van der Waals surface area contributed by atoms with Gasteiger partial charge in [-0.05, 0) is 58.2 Å². The molecule has 1 aliphatic rings. The summed E-state index contributed by atoms with van der Waals surface area (Å²) in [7, 11) is 0. The minimum atomic E-state index is -0.303. The minimum Gasteiger partial charge on any atom is -0.390 e. The molecule has 1 fully saturated rings. The lowest BCUT2D eigenvalue weighted by molar-refractivity contribution is 0.0877. The Balaban J connectivity index is 1.70. The molecule has 0 aromatic carbocycles. The molecule has 1 aliphatic heterocycles. The van der Waals surface area contributed by atoms with Gasteiger partial charge in [0.25, 0.3) is 0 Å². The summed E-state index contributed by atoms with van der Waals surface area (Å²) in [6.45, 7) is 12.3. The Morgan fingerprint density at radius 3 is 2.64 bits per heavy atom. The lowest BCUT2D eigenvalue weighted by Crippen LogP contribution is -2.44. The Morgan fingerprint density at radius 1 is 1.36 bits per heavy atom. The number of aliphatic hydroxyl groups is 1. The van der Waals surface area contributed by atoms with E-state index in [0.717, 1.165) is 25.6 Å². The molecule has 22 heavy (non-hydrogen) atoms. The lowest BCUT2D eigenvalue weighted by atomic mass is 9.99. The molecular weight excluding hydrogens is 276 g/mol. The van der Waals surface area contributed by atoms with Crippen LogP contribution in [0, 0.1) is 12.8 Å². The van der Waals surface area contributed by atoms with Crippen molar-refractivity contribution in [2.45, 2.75) is 58.7 Å². The van der Waals surface area contributed by atoms with E-state index in [9.17, 15) is 5.11 Å². The molecule has 0 amide bonds. The molecule has 2 heterocycles. The quantitative estimate of drug-likeness (QED) is 0.807. The molecule has 5 nitrogen and oxygen atoms in total. The average Bonchev–Trinajstić information content (AvgIpc) is 2.93. The van der Waals surface area contributed by atoms with Gasteiger partial charge in [0, 0.05) is 25.3 Å². The van der Waals surface area contributed by atoms with E-state index >= 15 is 0 Å². The third-order valence-corrected chi connectivity index (χ3v) is 4.89. The first-order valence-electron chi connectivity index (χ1n) is 8.60. The molecule has 0 bridgehead atoms. The molecule has 0 unspecified atom stereocenters. The fourth-order valence-corrected chi connectivity index (χ4v) is 2.98. The molecule has 3 atom stereocenters. The molecular formula is C17H32N4O. The number of hydrogen-bond acceptors (Lipinski definition) is 4. The number of aromatic nitrogens is 2. The first-order chi connectivity index (χ1) is 10.5. The normalized spacial score (nSPS) is 21.7. The van der Waals surface area contributed by atoms with Gasteiger partial charge in [-0.15, -0.1) is 0 Å². The monoisotopic (exact) mass is 308 g/mol. The molecule has 1 aromatic heterocycles. The number of nitrogens with zero attached hydrogens (tertiary/aromatic N) is 3. The zero-order chi connectivity index (χ0) is 16.1. The maximum Gasteiger partial charge on any atom is 0.0791 e. The van der Waals surface area contributed by atoms with Crippen LogP contribution in [0.3, 0.4) is 0 Å². The van der Waals surface area contributed by atoms with Crippen molar-refractivity contribution >= 4 is 0 Å². The first kappa shape index (κ1) is 17.4. The average molecular weight is 308 g/mol.